The van der Waals surface area contributed by atoms with Crippen molar-refractivity contribution >= 4 is 23.4 Å². The molecular formula is C19H20ClFN2O3. The number of halogens is 2. The maximum atomic E-state index is 15.0. The summed E-state index contributed by atoms with van der Waals surface area (Å²) in [7, 11) is 0. The van der Waals surface area contributed by atoms with E-state index in [1.165, 1.54) is 6.08 Å². The lowest BCUT2D eigenvalue weighted by Gasteiger charge is -2.35. The normalized spacial score (nSPS) is 27.4. The fourth-order valence-corrected chi connectivity index (χ4v) is 4.19. The second-order valence-corrected chi connectivity index (χ2v) is 7.24. The molecule has 0 bridgehead atoms. The molecule has 2 aliphatic heterocycles. The van der Waals surface area contributed by atoms with Crippen molar-refractivity contribution in [3.63, 3.8) is 0 Å². The lowest BCUT2D eigenvalue weighted by molar-refractivity contribution is -0.135. The molecule has 0 saturated carbocycles. The van der Waals surface area contributed by atoms with Gasteiger partial charge in [-0.25, -0.2) is 9.29 Å². The van der Waals surface area contributed by atoms with Gasteiger partial charge in [-0.05, 0) is 31.8 Å². The van der Waals surface area contributed by atoms with Crippen LogP contribution < -0.4 is 0 Å². The average Bonchev–Trinajstić information content (AvgIpc) is 2.92. The van der Waals surface area contributed by atoms with E-state index in [0.29, 0.717) is 56.0 Å². The van der Waals surface area contributed by atoms with Gasteiger partial charge in [-0.15, -0.1) is 0 Å². The summed E-state index contributed by atoms with van der Waals surface area (Å²) in [4.78, 5) is 28.6. The second kappa shape index (κ2) is 6.67. The van der Waals surface area contributed by atoms with Gasteiger partial charge in [-0.3, -0.25) is 9.59 Å². The quantitative estimate of drug-likeness (QED) is 0.693. The third kappa shape index (κ3) is 2.63. The van der Waals surface area contributed by atoms with Gasteiger partial charge in [0.25, 0.3) is 11.8 Å². The Kier molecular flexibility index (Phi) is 4.49. The van der Waals surface area contributed by atoms with Gasteiger partial charge in [0, 0.05) is 29.8 Å². The average molecular weight is 379 g/mol. The highest BCUT2D eigenvalue weighted by Crippen LogP contribution is 2.41. The lowest BCUT2D eigenvalue weighted by atomic mass is 9.93. The number of carbonyl (C=O) groups is 2. The third-order valence-corrected chi connectivity index (χ3v) is 5.79. The zero-order valence-electron chi connectivity index (χ0n) is 14.4. The number of allylic oxidation sites excluding steroid dienone is 3. The van der Waals surface area contributed by atoms with Crippen LogP contribution in [0.4, 0.5) is 4.39 Å². The fourth-order valence-electron chi connectivity index (χ4n) is 3.92. The summed E-state index contributed by atoms with van der Waals surface area (Å²) in [6.45, 7) is 6.05. The first-order chi connectivity index (χ1) is 12.5. The number of ether oxygens (including phenoxy) is 1. The molecule has 1 unspecified atom stereocenters. The van der Waals surface area contributed by atoms with Crippen LogP contribution in [0.15, 0.2) is 45.8 Å². The Labute approximate surface area is 156 Å². The standard InChI is InChI=1S/C19H20ClFN2O3/c1-11-16(20)14(22-6-8-26-9-7-22)10-15(17(11)21)23-18(24)12-4-2-3-5-13(12)19(23)25/h10,17H,1-9H2. The monoisotopic (exact) mass is 378 g/mol. The van der Waals surface area contributed by atoms with E-state index < -0.39 is 18.0 Å². The van der Waals surface area contributed by atoms with Gasteiger partial charge in [0.15, 0.2) is 6.17 Å². The van der Waals surface area contributed by atoms with E-state index in [0.717, 1.165) is 17.7 Å². The molecule has 2 aliphatic carbocycles. The molecule has 0 radical (unpaired) electrons. The molecule has 4 aliphatic rings. The van der Waals surface area contributed by atoms with Gasteiger partial charge in [0.1, 0.15) is 0 Å². The van der Waals surface area contributed by atoms with Crippen LogP contribution in [0.5, 0.6) is 0 Å². The van der Waals surface area contributed by atoms with Gasteiger partial charge in [-0.2, -0.15) is 0 Å². The molecule has 5 nitrogen and oxygen atoms in total. The molecular weight excluding hydrogens is 359 g/mol. The molecule has 1 atom stereocenters. The summed E-state index contributed by atoms with van der Waals surface area (Å²) in [5.74, 6) is -0.795. The van der Waals surface area contributed by atoms with E-state index in [1.807, 2.05) is 4.90 Å². The second-order valence-electron chi connectivity index (χ2n) is 6.87. The number of carbonyl (C=O) groups excluding carboxylic acids is 2. The van der Waals surface area contributed by atoms with E-state index in [4.69, 9.17) is 16.3 Å². The van der Waals surface area contributed by atoms with Crippen molar-refractivity contribution in [3.05, 3.63) is 45.8 Å². The molecule has 1 fully saturated rings. The Morgan fingerprint density at radius 3 is 2.27 bits per heavy atom. The van der Waals surface area contributed by atoms with E-state index in [-0.39, 0.29) is 16.3 Å². The lowest BCUT2D eigenvalue weighted by Crippen LogP contribution is -2.40. The topological polar surface area (TPSA) is 49.9 Å². The predicted molar refractivity (Wildman–Crippen MR) is 94.7 cm³/mol. The third-order valence-electron chi connectivity index (χ3n) is 5.36. The number of amides is 2. The minimum atomic E-state index is -1.68. The molecule has 2 amide bonds. The largest absolute Gasteiger partial charge is 0.378 e. The molecule has 7 heteroatoms. The summed E-state index contributed by atoms with van der Waals surface area (Å²) < 4.78 is 20.4. The van der Waals surface area contributed by atoms with E-state index >= 15 is 4.39 Å². The van der Waals surface area contributed by atoms with Crippen LogP contribution in [0.2, 0.25) is 0 Å². The van der Waals surface area contributed by atoms with E-state index in [1.54, 1.807) is 0 Å². The van der Waals surface area contributed by atoms with Crippen LogP contribution in [0.3, 0.4) is 0 Å². The van der Waals surface area contributed by atoms with Crippen LogP contribution in [-0.2, 0) is 14.3 Å². The maximum absolute atomic E-state index is 15.0. The Bertz CT molecular complexity index is 765. The van der Waals surface area contributed by atoms with Crippen molar-refractivity contribution in [1.29, 1.82) is 0 Å². The maximum Gasteiger partial charge on any atom is 0.261 e. The summed E-state index contributed by atoms with van der Waals surface area (Å²) in [5, 5.41) is 0.236. The number of hydrogen-bond acceptors (Lipinski definition) is 4. The highest BCUT2D eigenvalue weighted by molar-refractivity contribution is 6.33. The highest BCUT2D eigenvalue weighted by atomic mass is 35.5. The first kappa shape index (κ1) is 17.5. The summed E-state index contributed by atoms with van der Waals surface area (Å²) in [5.41, 5.74) is 1.76. The van der Waals surface area contributed by atoms with Crippen molar-refractivity contribution in [2.24, 2.45) is 0 Å². The summed E-state index contributed by atoms with van der Waals surface area (Å²) >= 11 is 6.34. The van der Waals surface area contributed by atoms with Crippen LogP contribution >= 0.6 is 11.6 Å². The van der Waals surface area contributed by atoms with E-state index in [2.05, 4.69) is 6.58 Å². The first-order valence-electron chi connectivity index (χ1n) is 8.89. The Balaban J connectivity index is 1.72. The molecule has 1 saturated heterocycles. The molecule has 0 spiro atoms. The minimum absolute atomic E-state index is 0.0188. The molecule has 0 aromatic carbocycles. The van der Waals surface area contributed by atoms with Crippen LogP contribution in [0.1, 0.15) is 25.7 Å². The van der Waals surface area contributed by atoms with Crippen molar-refractivity contribution in [2.75, 3.05) is 26.3 Å². The van der Waals surface area contributed by atoms with Crippen molar-refractivity contribution in [1.82, 2.24) is 9.80 Å². The smallest absolute Gasteiger partial charge is 0.261 e. The first-order valence-corrected chi connectivity index (χ1v) is 9.26. The van der Waals surface area contributed by atoms with Gasteiger partial charge in [0.05, 0.1) is 29.6 Å². The number of alkyl halides is 1. The number of rotatable bonds is 2. The molecule has 26 heavy (non-hydrogen) atoms. The van der Waals surface area contributed by atoms with Gasteiger partial charge in [-0.1, -0.05) is 18.2 Å². The number of nitrogens with zero attached hydrogens (tertiary/aromatic N) is 2. The zero-order chi connectivity index (χ0) is 18.4. The highest BCUT2D eigenvalue weighted by Gasteiger charge is 2.44. The minimum Gasteiger partial charge on any atom is -0.378 e. The van der Waals surface area contributed by atoms with Gasteiger partial charge in [0.2, 0.25) is 0 Å². The van der Waals surface area contributed by atoms with E-state index in [9.17, 15) is 9.59 Å². The van der Waals surface area contributed by atoms with Gasteiger partial charge < -0.3 is 9.64 Å². The Morgan fingerprint density at radius 2 is 1.69 bits per heavy atom. The van der Waals surface area contributed by atoms with Crippen LogP contribution in [-0.4, -0.2) is 54.1 Å². The molecule has 0 aromatic heterocycles. The van der Waals surface area contributed by atoms with Crippen LogP contribution in [0, 0.1) is 0 Å². The van der Waals surface area contributed by atoms with Crippen molar-refractivity contribution in [3.8, 4) is 0 Å². The molecule has 4 rings (SSSR count). The predicted octanol–water partition coefficient (Wildman–Crippen LogP) is 2.80. The Hall–Kier alpha value is -1.92. The van der Waals surface area contributed by atoms with Crippen molar-refractivity contribution in [2.45, 2.75) is 31.9 Å². The van der Waals surface area contributed by atoms with Crippen molar-refractivity contribution < 1.29 is 18.7 Å². The Morgan fingerprint density at radius 1 is 1.12 bits per heavy atom. The zero-order valence-corrected chi connectivity index (χ0v) is 15.1. The molecule has 138 valence electrons. The number of imide groups is 1. The summed E-state index contributed by atoms with van der Waals surface area (Å²) in [6.07, 6.45) is 2.76. The number of hydrogen-bond donors (Lipinski definition) is 0. The SMILES string of the molecule is C=C1C(Cl)=C(N2CCOCC2)C=C(N2C(=O)C3=C(CCCC3)C2=O)C1F. The molecule has 0 aromatic rings. The molecule has 0 N–H and O–H groups in total. The summed E-state index contributed by atoms with van der Waals surface area (Å²) in [6, 6.07) is 0. The van der Waals surface area contributed by atoms with Gasteiger partial charge >= 0.3 is 0 Å². The van der Waals surface area contributed by atoms with Crippen LogP contribution in [0.25, 0.3) is 0 Å². The fraction of sp³-hybridized carbons (Fsp3) is 0.474. The molecule has 2 heterocycles. The number of morpholine rings is 1.